The Balaban J connectivity index is 1.67. The standard InChI is InChI=1S/C15H17N3O3/c1-11-6-8-16-13(10-11)18-14(19)5-2-7-17-15(20)12-4-3-9-21-12/h3-4,6,8-10H,2,5,7H2,1H3,(H,17,20)(H,16,18,19). The van der Waals surface area contributed by atoms with Gasteiger partial charge in [0.05, 0.1) is 6.26 Å². The maximum absolute atomic E-state index is 11.7. The summed E-state index contributed by atoms with van der Waals surface area (Å²) in [5, 5.41) is 5.40. The second kappa shape index (κ2) is 7.23. The van der Waals surface area contributed by atoms with Crippen molar-refractivity contribution in [2.75, 3.05) is 11.9 Å². The minimum atomic E-state index is -0.277. The third-order valence-corrected chi connectivity index (χ3v) is 2.79. The van der Waals surface area contributed by atoms with E-state index in [1.807, 2.05) is 13.0 Å². The molecule has 2 aromatic rings. The van der Waals surface area contributed by atoms with Crippen LogP contribution in [0, 0.1) is 6.92 Å². The lowest BCUT2D eigenvalue weighted by atomic mass is 10.2. The highest BCUT2D eigenvalue weighted by molar-refractivity contribution is 5.91. The molecule has 0 saturated heterocycles. The number of amides is 2. The molecule has 0 aliphatic rings. The molecule has 0 atom stereocenters. The number of furan rings is 1. The molecule has 0 aliphatic carbocycles. The van der Waals surface area contributed by atoms with Crippen molar-refractivity contribution in [3.05, 3.63) is 48.0 Å². The molecule has 0 saturated carbocycles. The second-order valence-corrected chi connectivity index (χ2v) is 4.60. The largest absolute Gasteiger partial charge is 0.459 e. The molecule has 6 heteroatoms. The van der Waals surface area contributed by atoms with Crippen molar-refractivity contribution in [1.29, 1.82) is 0 Å². The van der Waals surface area contributed by atoms with Gasteiger partial charge in [-0.15, -0.1) is 0 Å². The molecule has 0 spiro atoms. The first-order chi connectivity index (χ1) is 10.1. The number of nitrogens with zero attached hydrogens (tertiary/aromatic N) is 1. The van der Waals surface area contributed by atoms with Crippen LogP contribution in [0.15, 0.2) is 41.1 Å². The minimum Gasteiger partial charge on any atom is -0.459 e. The zero-order valence-corrected chi connectivity index (χ0v) is 11.8. The van der Waals surface area contributed by atoms with Gasteiger partial charge < -0.3 is 15.1 Å². The summed E-state index contributed by atoms with van der Waals surface area (Å²) in [5.41, 5.74) is 1.03. The summed E-state index contributed by atoms with van der Waals surface area (Å²) in [6.07, 6.45) is 3.95. The molecule has 0 aliphatic heterocycles. The van der Waals surface area contributed by atoms with Crippen molar-refractivity contribution in [1.82, 2.24) is 10.3 Å². The van der Waals surface area contributed by atoms with E-state index in [2.05, 4.69) is 15.6 Å². The average Bonchev–Trinajstić information content (AvgIpc) is 2.97. The number of anilines is 1. The zero-order valence-electron chi connectivity index (χ0n) is 11.8. The van der Waals surface area contributed by atoms with Crippen LogP contribution in [0.2, 0.25) is 0 Å². The van der Waals surface area contributed by atoms with Gasteiger partial charge in [-0.2, -0.15) is 0 Å². The van der Waals surface area contributed by atoms with E-state index in [-0.39, 0.29) is 17.6 Å². The van der Waals surface area contributed by atoms with E-state index in [4.69, 9.17) is 4.42 Å². The summed E-state index contributed by atoms with van der Waals surface area (Å²) < 4.78 is 4.96. The van der Waals surface area contributed by atoms with Gasteiger partial charge in [-0.05, 0) is 43.2 Å². The predicted octanol–water partition coefficient (Wildman–Crippen LogP) is 2.13. The Hall–Kier alpha value is -2.63. The number of carbonyl (C=O) groups excluding carboxylic acids is 2. The number of pyridine rings is 1. The van der Waals surface area contributed by atoms with Crippen molar-refractivity contribution in [3.63, 3.8) is 0 Å². The fourth-order valence-corrected chi connectivity index (χ4v) is 1.76. The lowest BCUT2D eigenvalue weighted by molar-refractivity contribution is -0.116. The van der Waals surface area contributed by atoms with E-state index in [0.717, 1.165) is 5.56 Å². The van der Waals surface area contributed by atoms with Gasteiger partial charge in [-0.1, -0.05) is 0 Å². The first-order valence-corrected chi connectivity index (χ1v) is 6.69. The van der Waals surface area contributed by atoms with E-state index in [1.165, 1.54) is 6.26 Å². The van der Waals surface area contributed by atoms with E-state index in [9.17, 15) is 9.59 Å². The predicted molar refractivity (Wildman–Crippen MR) is 77.9 cm³/mol. The summed E-state index contributed by atoms with van der Waals surface area (Å²) in [5.74, 6) is 0.407. The highest BCUT2D eigenvalue weighted by Gasteiger charge is 2.08. The lowest BCUT2D eigenvalue weighted by Gasteiger charge is -2.05. The average molecular weight is 287 g/mol. The van der Waals surface area contributed by atoms with Crippen LogP contribution in [-0.4, -0.2) is 23.3 Å². The van der Waals surface area contributed by atoms with E-state index in [0.29, 0.717) is 25.2 Å². The molecule has 2 heterocycles. The van der Waals surface area contributed by atoms with Gasteiger partial charge in [-0.25, -0.2) is 4.98 Å². The third-order valence-electron chi connectivity index (χ3n) is 2.79. The number of hydrogen-bond acceptors (Lipinski definition) is 4. The van der Waals surface area contributed by atoms with E-state index in [1.54, 1.807) is 24.4 Å². The highest BCUT2D eigenvalue weighted by Crippen LogP contribution is 2.06. The van der Waals surface area contributed by atoms with Gasteiger partial charge in [0.1, 0.15) is 5.82 Å². The molecule has 110 valence electrons. The van der Waals surface area contributed by atoms with Crippen molar-refractivity contribution < 1.29 is 14.0 Å². The second-order valence-electron chi connectivity index (χ2n) is 4.60. The molecule has 2 amide bonds. The first kappa shape index (κ1) is 14.8. The Morgan fingerprint density at radius 3 is 2.90 bits per heavy atom. The van der Waals surface area contributed by atoms with Crippen LogP contribution in [0.5, 0.6) is 0 Å². The van der Waals surface area contributed by atoms with Gasteiger partial charge in [0.15, 0.2) is 5.76 Å². The van der Waals surface area contributed by atoms with Crippen LogP contribution in [0.3, 0.4) is 0 Å². The maximum atomic E-state index is 11.7. The van der Waals surface area contributed by atoms with Gasteiger partial charge in [0.25, 0.3) is 5.91 Å². The smallest absolute Gasteiger partial charge is 0.286 e. The molecule has 6 nitrogen and oxygen atoms in total. The van der Waals surface area contributed by atoms with Gasteiger partial charge >= 0.3 is 0 Å². The Morgan fingerprint density at radius 2 is 2.19 bits per heavy atom. The Morgan fingerprint density at radius 1 is 1.33 bits per heavy atom. The fraction of sp³-hybridized carbons (Fsp3) is 0.267. The molecule has 2 N–H and O–H groups in total. The minimum absolute atomic E-state index is 0.125. The Bertz CT molecular complexity index is 608. The molecule has 0 aromatic carbocycles. The Kier molecular flexibility index (Phi) is 5.09. The van der Waals surface area contributed by atoms with Crippen LogP contribution < -0.4 is 10.6 Å². The summed E-state index contributed by atoms with van der Waals surface area (Å²) in [6, 6.07) is 6.90. The van der Waals surface area contributed by atoms with Crippen molar-refractivity contribution in [3.8, 4) is 0 Å². The quantitative estimate of drug-likeness (QED) is 0.797. The van der Waals surface area contributed by atoms with Gasteiger partial charge in [0.2, 0.25) is 5.91 Å². The molecule has 2 rings (SSSR count). The Labute approximate surface area is 122 Å². The van der Waals surface area contributed by atoms with Gasteiger partial charge in [-0.3, -0.25) is 9.59 Å². The molecule has 0 fully saturated rings. The van der Waals surface area contributed by atoms with Crippen LogP contribution in [0.25, 0.3) is 0 Å². The van der Waals surface area contributed by atoms with Crippen LogP contribution >= 0.6 is 0 Å². The van der Waals surface area contributed by atoms with E-state index < -0.39 is 0 Å². The number of carbonyl (C=O) groups is 2. The number of nitrogens with one attached hydrogen (secondary N) is 2. The molecule has 2 aromatic heterocycles. The number of aromatic nitrogens is 1. The summed E-state index contributed by atoms with van der Waals surface area (Å²) in [4.78, 5) is 27.3. The lowest BCUT2D eigenvalue weighted by Crippen LogP contribution is -2.25. The first-order valence-electron chi connectivity index (χ1n) is 6.69. The number of rotatable bonds is 6. The monoisotopic (exact) mass is 287 g/mol. The van der Waals surface area contributed by atoms with Crippen molar-refractivity contribution >= 4 is 17.6 Å². The highest BCUT2D eigenvalue weighted by atomic mass is 16.3. The van der Waals surface area contributed by atoms with Crippen LogP contribution in [0.1, 0.15) is 29.0 Å². The topological polar surface area (TPSA) is 84.2 Å². The molecular formula is C15H17N3O3. The molecular weight excluding hydrogens is 270 g/mol. The zero-order chi connectivity index (χ0) is 15.1. The summed E-state index contributed by atoms with van der Waals surface area (Å²) in [7, 11) is 0. The number of hydrogen-bond donors (Lipinski definition) is 2. The van der Waals surface area contributed by atoms with Crippen LogP contribution in [0.4, 0.5) is 5.82 Å². The maximum Gasteiger partial charge on any atom is 0.286 e. The normalized spacial score (nSPS) is 10.1. The molecule has 0 unspecified atom stereocenters. The van der Waals surface area contributed by atoms with E-state index >= 15 is 0 Å². The third kappa shape index (κ3) is 4.76. The van der Waals surface area contributed by atoms with Crippen LogP contribution in [-0.2, 0) is 4.79 Å². The van der Waals surface area contributed by atoms with Crippen molar-refractivity contribution in [2.24, 2.45) is 0 Å². The van der Waals surface area contributed by atoms with Crippen molar-refractivity contribution in [2.45, 2.75) is 19.8 Å². The summed E-state index contributed by atoms with van der Waals surface area (Å²) in [6.45, 7) is 2.34. The SMILES string of the molecule is Cc1ccnc(NC(=O)CCCNC(=O)c2ccco2)c1. The van der Waals surface area contributed by atoms with Gasteiger partial charge in [0, 0.05) is 19.2 Å². The fourth-order valence-electron chi connectivity index (χ4n) is 1.76. The number of aryl methyl sites for hydroxylation is 1. The molecule has 21 heavy (non-hydrogen) atoms. The molecule has 0 bridgehead atoms. The summed E-state index contributed by atoms with van der Waals surface area (Å²) >= 11 is 0. The molecule has 0 radical (unpaired) electrons.